The molecule has 19 heavy (non-hydrogen) atoms. The van der Waals surface area contributed by atoms with Crippen LogP contribution in [0, 0.1) is 11.8 Å². The average molecular weight is 283 g/mol. The van der Waals surface area contributed by atoms with Gasteiger partial charge in [0.1, 0.15) is 12.4 Å². The van der Waals surface area contributed by atoms with Crippen LogP contribution in [-0.4, -0.2) is 33.3 Å². The Morgan fingerprint density at radius 2 is 2.11 bits per heavy atom. The van der Waals surface area contributed by atoms with Gasteiger partial charge in [0.15, 0.2) is 0 Å². The maximum atomic E-state index is 12.0. The van der Waals surface area contributed by atoms with Gasteiger partial charge in [-0.2, -0.15) is 0 Å². The number of rotatable bonds is 4. The van der Waals surface area contributed by atoms with Crippen LogP contribution in [-0.2, 0) is 10.0 Å². The number of aliphatic hydroxyl groups is 1. The first kappa shape index (κ1) is 15.5. The van der Waals surface area contributed by atoms with Crippen LogP contribution in [0.3, 0.4) is 0 Å². The first-order chi connectivity index (χ1) is 8.90. The van der Waals surface area contributed by atoms with E-state index in [1.807, 2.05) is 0 Å². The Morgan fingerprint density at radius 1 is 1.42 bits per heavy atom. The van der Waals surface area contributed by atoms with Crippen molar-refractivity contribution in [2.45, 2.75) is 24.8 Å². The van der Waals surface area contributed by atoms with E-state index < -0.39 is 10.0 Å². The minimum Gasteiger partial charge on any atom is -0.495 e. The molecule has 5 nitrogen and oxygen atoms in total. The van der Waals surface area contributed by atoms with E-state index in [2.05, 4.69) is 16.6 Å². The van der Waals surface area contributed by atoms with Crippen molar-refractivity contribution >= 4 is 10.0 Å². The first-order valence-electron chi connectivity index (χ1n) is 5.71. The van der Waals surface area contributed by atoms with Crippen LogP contribution < -0.4 is 9.46 Å². The van der Waals surface area contributed by atoms with Crippen LogP contribution in [0.1, 0.15) is 19.4 Å². The summed E-state index contributed by atoms with van der Waals surface area (Å²) >= 11 is 0. The summed E-state index contributed by atoms with van der Waals surface area (Å²) in [6.45, 7) is 3.19. The van der Waals surface area contributed by atoms with Crippen LogP contribution in [0.2, 0.25) is 0 Å². The molecule has 6 heteroatoms. The van der Waals surface area contributed by atoms with E-state index in [0.29, 0.717) is 11.3 Å². The molecule has 104 valence electrons. The summed E-state index contributed by atoms with van der Waals surface area (Å²) in [7, 11) is -2.10. The Balaban J connectivity index is 3.25. The molecule has 0 unspecified atom stereocenters. The fraction of sp³-hybridized carbons (Fsp3) is 0.385. The van der Waals surface area contributed by atoms with Crippen LogP contribution in [0.15, 0.2) is 23.1 Å². The minimum absolute atomic E-state index is 0.115. The lowest BCUT2D eigenvalue weighted by molar-refractivity contribution is 0.350. The van der Waals surface area contributed by atoms with Gasteiger partial charge < -0.3 is 9.84 Å². The number of aliphatic hydroxyl groups excluding tert-OH is 1. The third-order valence-corrected chi connectivity index (χ3v) is 3.83. The van der Waals surface area contributed by atoms with Gasteiger partial charge in [-0.25, -0.2) is 13.1 Å². The fourth-order valence-corrected chi connectivity index (χ4v) is 2.74. The van der Waals surface area contributed by atoms with Gasteiger partial charge in [0.05, 0.1) is 17.6 Å². The van der Waals surface area contributed by atoms with Crippen LogP contribution >= 0.6 is 0 Å². The Morgan fingerprint density at radius 3 is 2.63 bits per heavy atom. The molecule has 0 atom stereocenters. The molecular weight excluding hydrogens is 266 g/mol. The zero-order valence-corrected chi connectivity index (χ0v) is 11.9. The number of hydrogen-bond acceptors (Lipinski definition) is 4. The molecule has 0 heterocycles. The molecule has 2 N–H and O–H groups in total. The van der Waals surface area contributed by atoms with Crippen LogP contribution in [0.25, 0.3) is 0 Å². The highest BCUT2D eigenvalue weighted by molar-refractivity contribution is 7.89. The highest BCUT2D eigenvalue weighted by Gasteiger charge is 2.16. The van der Waals surface area contributed by atoms with Gasteiger partial charge in [0, 0.05) is 6.04 Å². The summed E-state index contributed by atoms with van der Waals surface area (Å²) in [6, 6.07) is 4.22. The normalized spacial score (nSPS) is 11.0. The Hall–Kier alpha value is -1.55. The zero-order chi connectivity index (χ0) is 14.5. The molecule has 0 aromatic heterocycles. The van der Waals surface area contributed by atoms with Gasteiger partial charge in [-0.15, -0.1) is 0 Å². The molecule has 0 amide bonds. The van der Waals surface area contributed by atoms with E-state index in [-0.39, 0.29) is 17.5 Å². The molecular formula is C13H17NO4S. The Labute approximate surface area is 113 Å². The number of hydrogen-bond donors (Lipinski definition) is 2. The summed E-state index contributed by atoms with van der Waals surface area (Å²) in [6.07, 6.45) is 0. The molecule has 0 aliphatic rings. The van der Waals surface area contributed by atoms with Crippen molar-refractivity contribution in [3.8, 4) is 17.6 Å². The number of sulfonamides is 1. The lowest BCUT2D eigenvalue weighted by atomic mass is 10.2. The zero-order valence-electron chi connectivity index (χ0n) is 11.1. The van der Waals surface area contributed by atoms with Gasteiger partial charge in [0.25, 0.3) is 0 Å². The Bertz CT molecular complexity index is 597. The molecule has 1 rings (SSSR count). The van der Waals surface area contributed by atoms with E-state index >= 15 is 0 Å². The van der Waals surface area contributed by atoms with Crippen LogP contribution in [0.4, 0.5) is 0 Å². The van der Waals surface area contributed by atoms with Crippen LogP contribution in [0.5, 0.6) is 5.75 Å². The Kier molecular flexibility index (Phi) is 5.36. The standard InChI is InChI=1S/C13H17NO4S/c1-10(2)14-19(16,17)12-6-7-13(18-3)11(9-12)5-4-8-15/h6-7,9-10,14-15H,8H2,1-3H3. The molecule has 0 saturated carbocycles. The van der Waals surface area contributed by atoms with Crippen molar-refractivity contribution in [2.75, 3.05) is 13.7 Å². The van der Waals surface area contributed by atoms with Crippen molar-refractivity contribution in [2.24, 2.45) is 0 Å². The maximum Gasteiger partial charge on any atom is 0.240 e. The van der Waals surface area contributed by atoms with Gasteiger partial charge in [-0.05, 0) is 32.0 Å². The summed E-state index contributed by atoms with van der Waals surface area (Å²) in [5.41, 5.74) is 0.420. The summed E-state index contributed by atoms with van der Waals surface area (Å²) < 4.78 is 31.6. The monoisotopic (exact) mass is 283 g/mol. The molecule has 0 aliphatic carbocycles. The SMILES string of the molecule is COc1ccc(S(=O)(=O)NC(C)C)cc1C#CCO. The molecule has 0 fully saturated rings. The quantitative estimate of drug-likeness (QED) is 0.799. The van der Waals surface area contributed by atoms with E-state index in [4.69, 9.17) is 9.84 Å². The molecule has 0 radical (unpaired) electrons. The van der Waals surface area contributed by atoms with Gasteiger partial charge in [0.2, 0.25) is 10.0 Å². The number of nitrogens with one attached hydrogen (secondary N) is 1. The number of ether oxygens (including phenoxy) is 1. The topological polar surface area (TPSA) is 75.6 Å². The highest BCUT2D eigenvalue weighted by atomic mass is 32.2. The summed E-state index contributed by atoms with van der Waals surface area (Å²) in [5.74, 6) is 5.59. The second-order valence-corrected chi connectivity index (χ2v) is 5.81. The molecule has 0 spiro atoms. The van der Waals surface area contributed by atoms with E-state index in [1.165, 1.54) is 25.3 Å². The third kappa shape index (κ3) is 4.24. The summed E-state index contributed by atoms with van der Waals surface area (Å²) in [5, 5.41) is 8.69. The molecule has 1 aromatic rings. The molecule has 0 bridgehead atoms. The average Bonchev–Trinajstić information content (AvgIpc) is 2.34. The lowest BCUT2D eigenvalue weighted by Crippen LogP contribution is -2.30. The van der Waals surface area contributed by atoms with Crippen molar-refractivity contribution in [1.82, 2.24) is 4.72 Å². The smallest absolute Gasteiger partial charge is 0.240 e. The second kappa shape index (κ2) is 6.57. The first-order valence-corrected chi connectivity index (χ1v) is 7.19. The number of methoxy groups -OCH3 is 1. The second-order valence-electron chi connectivity index (χ2n) is 4.10. The van der Waals surface area contributed by atoms with Gasteiger partial charge >= 0.3 is 0 Å². The van der Waals surface area contributed by atoms with Crippen molar-refractivity contribution in [3.05, 3.63) is 23.8 Å². The fourth-order valence-electron chi connectivity index (χ4n) is 1.47. The van der Waals surface area contributed by atoms with E-state index in [9.17, 15) is 8.42 Å². The van der Waals surface area contributed by atoms with Gasteiger partial charge in [-0.1, -0.05) is 11.8 Å². The molecule has 0 aliphatic heterocycles. The van der Waals surface area contributed by atoms with Crippen molar-refractivity contribution < 1.29 is 18.3 Å². The predicted octanol–water partition coefficient (Wildman–Crippen LogP) is 0.726. The lowest BCUT2D eigenvalue weighted by Gasteiger charge is -2.11. The van der Waals surface area contributed by atoms with Crippen molar-refractivity contribution in [3.63, 3.8) is 0 Å². The highest BCUT2D eigenvalue weighted by Crippen LogP contribution is 2.21. The number of benzene rings is 1. The van der Waals surface area contributed by atoms with E-state index in [1.54, 1.807) is 13.8 Å². The minimum atomic E-state index is -3.57. The molecule has 0 saturated heterocycles. The summed E-state index contributed by atoms with van der Waals surface area (Å²) in [4.78, 5) is 0.115. The largest absolute Gasteiger partial charge is 0.495 e. The van der Waals surface area contributed by atoms with Crippen molar-refractivity contribution in [1.29, 1.82) is 0 Å². The maximum absolute atomic E-state index is 12.0. The molecule has 1 aromatic carbocycles. The predicted molar refractivity (Wildman–Crippen MR) is 72.4 cm³/mol. The van der Waals surface area contributed by atoms with Gasteiger partial charge in [-0.3, -0.25) is 0 Å². The van der Waals surface area contributed by atoms with E-state index in [0.717, 1.165) is 0 Å². The third-order valence-electron chi connectivity index (χ3n) is 2.17.